The number of carbonyl (C=O) groups is 1. The van der Waals surface area contributed by atoms with Crippen LogP contribution in [0.3, 0.4) is 0 Å². The molecule has 1 atom stereocenters. The molecule has 0 aromatic heterocycles. The minimum Gasteiger partial charge on any atom is -0.497 e. The van der Waals surface area contributed by atoms with Crippen LogP contribution in [0.25, 0.3) is 0 Å². The van der Waals surface area contributed by atoms with Crippen LogP contribution >= 0.6 is 46.6 Å². The van der Waals surface area contributed by atoms with Crippen LogP contribution < -0.4 is 10.1 Å². The summed E-state index contributed by atoms with van der Waals surface area (Å²) in [5, 5.41) is 3.47. The Labute approximate surface area is 154 Å². The SMILES string of the molecule is COc1ccc(S[C@H](C)C(=O)Nc2cc(Cl)c(Cl)cc2Cl)cc1. The molecule has 1 N–H and O–H groups in total. The van der Waals surface area contributed by atoms with Crippen LogP contribution in [0.5, 0.6) is 5.75 Å². The number of ether oxygens (including phenoxy) is 1. The number of hydrogen-bond acceptors (Lipinski definition) is 3. The van der Waals surface area contributed by atoms with Gasteiger partial charge in [0.2, 0.25) is 5.91 Å². The second kappa shape index (κ2) is 8.15. The average molecular weight is 391 g/mol. The first kappa shape index (κ1) is 18.3. The van der Waals surface area contributed by atoms with E-state index >= 15 is 0 Å². The molecule has 2 aromatic carbocycles. The van der Waals surface area contributed by atoms with Crippen molar-refractivity contribution < 1.29 is 9.53 Å². The smallest absolute Gasteiger partial charge is 0.237 e. The lowest BCUT2D eigenvalue weighted by Gasteiger charge is -2.14. The van der Waals surface area contributed by atoms with E-state index in [2.05, 4.69) is 5.32 Å². The third-order valence-corrected chi connectivity index (χ3v) is 5.16. The minimum atomic E-state index is -0.311. The monoisotopic (exact) mass is 389 g/mol. The first-order chi connectivity index (χ1) is 10.9. The van der Waals surface area contributed by atoms with Gasteiger partial charge in [0.25, 0.3) is 0 Å². The maximum atomic E-state index is 12.3. The van der Waals surface area contributed by atoms with Crippen molar-refractivity contribution in [2.45, 2.75) is 17.1 Å². The molecule has 3 nitrogen and oxygen atoms in total. The van der Waals surface area contributed by atoms with Gasteiger partial charge in [0.15, 0.2) is 0 Å². The van der Waals surface area contributed by atoms with Crippen molar-refractivity contribution in [3.05, 3.63) is 51.5 Å². The van der Waals surface area contributed by atoms with E-state index in [4.69, 9.17) is 39.5 Å². The Kier molecular flexibility index (Phi) is 6.48. The van der Waals surface area contributed by atoms with Gasteiger partial charge in [-0.05, 0) is 43.3 Å². The largest absolute Gasteiger partial charge is 0.497 e. The molecule has 23 heavy (non-hydrogen) atoms. The molecule has 0 unspecified atom stereocenters. The number of halogens is 3. The maximum Gasteiger partial charge on any atom is 0.237 e. The van der Waals surface area contributed by atoms with Crippen molar-refractivity contribution in [1.82, 2.24) is 0 Å². The van der Waals surface area contributed by atoms with E-state index in [1.165, 1.54) is 23.9 Å². The van der Waals surface area contributed by atoms with Crippen LogP contribution in [0.1, 0.15) is 6.92 Å². The van der Waals surface area contributed by atoms with Gasteiger partial charge in [-0.2, -0.15) is 0 Å². The quantitative estimate of drug-likeness (QED) is 0.520. The van der Waals surface area contributed by atoms with Crippen molar-refractivity contribution in [3.63, 3.8) is 0 Å². The molecule has 0 radical (unpaired) electrons. The number of carbonyl (C=O) groups excluding carboxylic acids is 1. The van der Waals surface area contributed by atoms with Crippen LogP contribution in [-0.2, 0) is 4.79 Å². The van der Waals surface area contributed by atoms with Crippen molar-refractivity contribution >= 4 is 58.2 Å². The van der Waals surface area contributed by atoms with Crippen LogP contribution in [-0.4, -0.2) is 18.3 Å². The standard InChI is InChI=1S/C16H14Cl3NO2S/c1-9(23-11-5-3-10(22-2)4-6-11)16(21)20-15-8-13(18)12(17)7-14(15)19/h3-9H,1-2H3,(H,20,21)/t9-/m1/s1. The summed E-state index contributed by atoms with van der Waals surface area (Å²) in [6.07, 6.45) is 0. The number of thioether (sulfide) groups is 1. The Morgan fingerprint density at radius 3 is 2.30 bits per heavy atom. The number of amides is 1. The molecule has 0 saturated heterocycles. The molecule has 1 amide bonds. The van der Waals surface area contributed by atoms with Gasteiger partial charge in [0, 0.05) is 4.90 Å². The first-order valence-electron chi connectivity index (χ1n) is 6.67. The van der Waals surface area contributed by atoms with E-state index in [9.17, 15) is 4.79 Å². The van der Waals surface area contributed by atoms with Crippen molar-refractivity contribution in [3.8, 4) is 5.75 Å². The molecule has 0 aliphatic rings. The molecular weight excluding hydrogens is 377 g/mol. The van der Waals surface area contributed by atoms with Gasteiger partial charge < -0.3 is 10.1 Å². The highest BCUT2D eigenvalue weighted by atomic mass is 35.5. The Bertz CT molecular complexity index is 707. The van der Waals surface area contributed by atoms with E-state index in [0.717, 1.165) is 10.6 Å². The van der Waals surface area contributed by atoms with E-state index in [-0.39, 0.29) is 11.2 Å². The minimum absolute atomic E-state index is 0.175. The third kappa shape index (κ3) is 4.95. The zero-order valence-electron chi connectivity index (χ0n) is 12.4. The normalized spacial score (nSPS) is 11.9. The van der Waals surface area contributed by atoms with Gasteiger partial charge in [-0.15, -0.1) is 11.8 Å². The molecule has 7 heteroatoms. The topological polar surface area (TPSA) is 38.3 Å². The molecule has 0 spiro atoms. The van der Waals surface area contributed by atoms with E-state index < -0.39 is 0 Å². The number of nitrogens with one attached hydrogen (secondary N) is 1. The lowest BCUT2D eigenvalue weighted by molar-refractivity contribution is -0.115. The van der Waals surface area contributed by atoms with Gasteiger partial charge in [-0.25, -0.2) is 0 Å². The number of anilines is 1. The highest BCUT2D eigenvalue weighted by molar-refractivity contribution is 8.00. The van der Waals surface area contributed by atoms with E-state index in [1.807, 2.05) is 31.2 Å². The lowest BCUT2D eigenvalue weighted by Crippen LogP contribution is -2.22. The molecule has 0 aliphatic carbocycles. The number of benzene rings is 2. The zero-order valence-corrected chi connectivity index (χ0v) is 15.5. The molecule has 0 saturated carbocycles. The van der Waals surface area contributed by atoms with Gasteiger partial charge in [-0.1, -0.05) is 34.8 Å². The van der Waals surface area contributed by atoms with Crippen LogP contribution in [0.4, 0.5) is 5.69 Å². The summed E-state index contributed by atoms with van der Waals surface area (Å²) >= 11 is 19.3. The van der Waals surface area contributed by atoms with Gasteiger partial charge >= 0.3 is 0 Å². The number of rotatable bonds is 5. The summed E-state index contributed by atoms with van der Waals surface area (Å²) in [6, 6.07) is 10.5. The summed E-state index contributed by atoms with van der Waals surface area (Å²) < 4.78 is 5.11. The predicted molar refractivity (Wildman–Crippen MR) is 98.4 cm³/mol. The van der Waals surface area contributed by atoms with Crippen LogP contribution in [0, 0.1) is 0 Å². The molecule has 122 valence electrons. The molecule has 0 bridgehead atoms. The Hall–Kier alpha value is -1.07. The summed E-state index contributed by atoms with van der Waals surface area (Å²) in [4.78, 5) is 13.3. The molecule has 2 aromatic rings. The average Bonchev–Trinajstić information content (AvgIpc) is 2.53. The Balaban J connectivity index is 2.03. The summed E-state index contributed by atoms with van der Waals surface area (Å²) in [5.74, 6) is 0.597. The van der Waals surface area contributed by atoms with E-state index in [1.54, 1.807) is 7.11 Å². The van der Waals surface area contributed by atoms with E-state index in [0.29, 0.717) is 20.8 Å². The first-order valence-corrected chi connectivity index (χ1v) is 8.68. The Morgan fingerprint density at radius 1 is 1.09 bits per heavy atom. The van der Waals surface area contributed by atoms with Crippen molar-refractivity contribution in [1.29, 1.82) is 0 Å². The summed E-state index contributed by atoms with van der Waals surface area (Å²) in [7, 11) is 1.61. The Morgan fingerprint density at radius 2 is 1.70 bits per heavy atom. The highest BCUT2D eigenvalue weighted by Gasteiger charge is 2.16. The molecule has 0 heterocycles. The molecular formula is C16H14Cl3NO2S. The van der Waals surface area contributed by atoms with Crippen LogP contribution in [0.15, 0.2) is 41.3 Å². The van der Waals surface area contributed by atoms with Gasteiger partial charge in [0.1, 0.15) is 5.75 Å². The second-order valence-electron chi connectivity index (χ2n) is 4.67. The third-order valence-electron chi connectivity index (χ3n) is 3.01. The van der Waals surface area contributed by atoms with Crippen molar-refractivity contribution in [2.75, 3.05) is 12.4 Å². The summed E-state index contributed by atoms with van der Waals surface area (Å²) in [6.45, 7) is 1.82. The molecule has 2 rings (SSSR count). The summed E-state index contributed by atoms with van der Waals surface area (Å²) in [5.41, 5.74) is 0.438. The zero-order chi connectivity index (χ0) is 17.0. The maximum absolute atomic E-state index is 12.3. The second-order valence-corrected chi connectivity index (χ2v) is 7.31. The lowest BCUT2D eigenvalue weighted by atomic mass is 10.3. The van der Waals surface area contributed by atoms with Gasteiger partial charge in [-0.3, -0.25) is 4.79 Å². The molecule has 0 aliphatic heterocycles. The fourth-order valence-electron chi connectivity index (χ4n) is 1.76. The predicted octanol–water partition coefficient (Wildman–Crippen LogP) is 5.77. The van der Waals surface area contributed by atoms with Crippen LogP contribution in [0.2, 0.25) is 15.1 Å². The van der Waals surface area contributed by atoms with Crippen molar-refractivity contribution in [2.24, 2.45) is 0 Å². The number of methoxy groups -OCH3 is 1. The number of hydrogen-bond donors (Lipinski definition) is 1. The molecule has 0 fully saturated rings. The fraction of sp³-hybridized carbons (Fsp3) is 0.188. The highest BCUT2D eigenvalue weighted by Crippen LogP contribution is 2.33. The van der Waals surface area contributed by atoms with Gasteiger partial charge in [0.05, 0.1) is 33.1 Å². The fourth-order valence-corrected chi connectivity index (χ4v) is 3.23.